The quantitative estimate of drug-likeness (QED) is 0.705. The van der Waals surface area contributed by atoms with E-state index in [1.165, 1.54) is 0 Å². The van der Waals surface area contributed by atoms with Crippen molar-refractivity contribution in [3.8, 4) is 17.2 Å². The van der Waals surface area contributed by atoms with Gasteiger partial charge in [-0.3, -0.25) is 9.69 Å². The largest absolute Gasteiger partial charge is 0.493 e. The lowest BCUT2D eigenvalue weighted by Gasteiger charge is -2.33. The Labute approximate surface area is 177 Å². The number of hydrogen-bond acceptors (Lipinski definition) is 7. The van der Waals surface area contributed by atoms with E-state index in [2.05, 4.69) is 20.5 Å². The van der Waals surface area contributed by atoms with Crippen LogP contribution in [0.4, 0.5) is 0 Å². The summed E-state index contributed by atoms with van der Waals surface area (Å²) in [6, 6.07) is 4.13. The van der Waals surface area contributed by atoms with Gasteiger partial charge < -0.3 is 19.5 Å². The van der Waals surface area contributed by atoms with Crippen LogP contribution >= 0.6 is 0 Å². The molecular weight excluding hydrogens is 386 g/mol. The second kappa shape index (κ2) is 9.80. The van der Waals surface area contributed by atoms with Gasteiger partial charge in [-0.2, -0.15) is 0 Å². The van der Waals surface area contributed by atoms with Crippen LogP contribution in [-0.2, 0) is 6.54 Å². The monoisotopic (exact) mass is 417 g/mol. The van der Waals surface area contributed by atoms with E-state index < -0.39 is 0 Å². The highest BCUT2D eigenvalue weighted by Crippen LogP contribution is 2.40. The average Bonchev–Trinajstić information content (AvgIpc) is 3.23. The zero-order valence-electron chi connectivity index (χ0n) is 18.3. The van der Waals surface area contributed by atoms with E-state index in [1.807, 2.05) is 30.7 Å². The number of aromatic nitrogens is 3. The van der Waals surface area contributed by atoms with E-state index in [-0.39, 0.29) is 18.0 Å². The van der Waals surface area contributed by atoms with Crippen molar-refractivity contribution in [1.29, 1.82) is 0 Å². The van der Waals surface area contributed by atoms with Crippen molar-refractivity contribution in [2.75, 3.05) is 34.4 Å². The molecule has 0 spiro atoms. The number of nitrogens with zero attached hydrogens (tertiary/aromatic N) is 4. The van der Waals surface area contributed by atoms with Crippen LogP contribution in [-0.4, -0.2) is 66.3 Å². The molecule has 30 heavy (non-hydrogen) atoms. The fourth-order valence-corrected chi connectivity index (χ4v) is 3.81. The Bertz CT molecular complexity index is 867. The lowest BCUT2D eigenvalue weighted by Crippen LogP contribution is -2.36. The van der Waals surface area contributed by atoms with Gasteiger partial charge in [-0.1, -0.05) is 11.3 Å². The molecule has 0 saturated carbocycles. The lowest BCUT2D eigenvalue weighted by atomic mass is 10.0. The van der Waals surface area contributed by atoms with E-state index >= 15 is 0 Å². The van der Waals surface area contributed by atoms with Gasteiger partial charge in [-0.25, -0.2) is 4.68 Å². The summed E-state index contributed by atoms with van der Waals surface area (Å²) in [5.41, 5.74) is 1.38. The molecule has 1 atom stereocenters. The number of carbonyl (C=O) groups excluding carboxylic acids is 1. The summed E-state index contributed by atoms with van der Waals surface area (Å²) in [7, 11) is 4.86. The van der Waals surface area contributed by atoms with Crippen molar-refractivity contribution in [2.45, 2.75) is 45.3 Å². The Kier molecular flexibility index (Phi) is 7.15. The molecule has 0 unspecified atom stereocenters. The first-order chi connectivity index (χ1) is 14.5. The molecule has 1 saturated heterocycles. The van der Waals surface area contributed by atoms with E-state index in [9.17, 15) is 4.79 Å². The number of ether oxygens (including phenoxy) is 3. The van der Waals surface area contributed by atoms with Gasteiger partial charge in [0.1, 0.15) is 0 Å². The number of carbonyl (C=O) groups is 1. The summed E-state index contributed by atoms with van der Waals surface area (Å²) in [6.07, 6.45) is 3.77. The van der Waals surface area contributed by atoms with Gasteiger partial charge >= 0.3 is 0 Å². The van der Waals surface area contributed by atoms with Crippen molar-refractivity contribution >= 4 is 5.91 Å². The van der Waals surface area contributed by atoms with E-state index in [0.717, 1.165) is 38.0 Å². The summed E-state index contributed by atoms with van der Waals surface area (Å²) >= 11 is 0. The maximum absolute atomic E-state index is 12.2. The predicted octanol–water partition coefficient (Wildman–Crippen LogP) is 2.28. The molecule has 1 amide bonds. The molecule has 0 bridgehead atoms. The smallest absolute Gasteiger partial charge is 0.273 e. The van der Waals surface area contributed by atoms with Crippen LogP contribution in [0.2, 0.25) is 0 Å². The van der Waals surface area contributed by atoms with E-state index in [4.69, 9.17) is 14.2 Å². The molecule has 1 aliphatic rings. The normalized spacial score (nSPS) is 17.1. The zero-order chi connectivity index (χ0) is 21.7. The summed E-state index contributed by atoms with van der Waals surface area (Å²) in [5.74, 6) is 1.74. The third-order valence-corrected chi connectivity index (χ3v) is 5.20. The minimum absolute atomic E-state index is 0.0595. The fourth-order valence-electron chi connectivity index (χ4n) is 3.81. The highest BCUT2D eigenvalue weighted by Gasteiger charge is 2.25. The van der Waals surface area contributed by atoms with Gasteiger partial charge in [0, 0.05) is 24.7 Å². The first-order valence-electron chi connectivity index (χ1n) is 10.2. The molecule has 2 aromatic rings. The topological polar surface area (TPSA) is 90.7 Å². The molecule has 1 N–H and O–H groups in total. The number of piperidine rings is 1. The van der Waals surface area contributed by atoms with Crippen LogP contribution in [0.5, 0.6) is 17.2 Å². The molecule has 0 radical (unpaired) electrons. The Morgan fingerprint density at radius 2 is 1.97 bits per heavy atom. The first-order valence-corrected chi connectivity index (χ1v) is 10.2. The Hall–Kier alpha value is -2.81. The van der Waals surface area contributed by atoms with E-state index in [1.54, 1.807) is 27.5 Å². The number of benzene rings is 1. The summed E-state index contributed by atoms with van der Waals surface area (Å²) in [4.78, 5) is 14.5. The Morgan fingerprint density at radius 1 is 1.20 bits per heavy atom. The van der Waals surface area contributed by atoms with Crippen LogP contribution in [0.3, 0.4) is 0 Å². The minimum atomic E-state index is -0.195. The standard InChI is InChI=1S/C21H31N5O4/c1-14(2)22-21(27)17-13-26(24-23-17)16-7-6-10-25(12-16)11-15-8-9-18(28-3)20(30-5)19(15)29-4/h8-9,13-14,16H,6-7,10-12H2,1-5H3,(H,22,27)/t16-/m1/s1. The SMILES string of the molecule is COc1ccc(CN2CCC[C@@H](n3cc(C(=O)NC(C)C)nn3)C2)c(OC)c1OC. The van der Waals surface area contributed by atoms with Crippen molar-refractivity contribution < 1.29 is 19.0 Å². The molecular formula is C21H31N5O4. The number of likely N-dealkylation sites (tertiary alicyclic amines) is 1. The Balaban J connectivity index is 1.72. The van der Waals surface area contributed by atoms with Crippen molar-refractivity contribution in [1.82, 2.24) is 25.2 Å². The van der Waals surface area contributed by atoms with Crippen molar-refractivity contribution in [3.63, 3.8) is 0 Å². The second-order valence-corrected chi connectivity index (χ2v) is 7.74. The number of rotatable bonds is 8. The van der Waals surface area contributed by atoms with E-state index in [0.29, 0.717) is 22.9 Å². The van der Waals surface area contributed by atoms with Crippen LogP contribution in [0.25, 0.3) is 0 Å². The summed E-state index contributed by atoms with van der Waals surface area (Å²) < 4.78 is 18.3. The molecule has 2 heterocycles. The third kappa shape index (κ3) is 4.84. The number of nitrogens with one attached hydrogen (secondary N) is 1. The maximum atomic E-state index is 12.2. The van der Waals surface area contributed by atoms with Gasteiger partial charge in [0.15, 0.2) is 17.2 Å². The number of amides is 1. The van der Waals surface area contributed by atoms with Crippen LogP contribution in [0.1, 0.15) is 48.8 Å². The molecule has 9 heteroatoms. The molecule has 0 aliphatic carbocycles. The van der Waals surface area contributed by atoms with Crippen LogP contribution in [0.15, 0.2) is 18.3 Å². The molecule has 1 fully saturated rings. The lowest BCUT2D eigenvalue weighted by molar-refractivity contribution is 0.0938. The number of methoxy groups -OCH3 is 3. The highest BCUT2D eigenvalue weighted by molar-refractivity contribution is 5.91. The van der Waals surface area contributed by atoms with Gasteiger partial charge in [-0.05, 0) is 39.3 Å². The predicted molar refractivity (Wildman–Crippen MR) is 112 cm³/mol. The maximum Gasteiger partial charge on any atom is 0.273 e. The van der Waals surface area contributed by atoms with Crippen LogP contribution in [0, 0.1) is 0 Å². The Morgan fingerprint density at radius 3 is 2.63 bits per heavy atom. The number of hydrogen-bond donors (Lipinski definition) is 1. The van der Waals surface area contributed by atoms with Gasteiger partial charge in [0.25, 0.3) is 5.91 Å². The third-order valence-electron chi connectivity index (χ3n) is 5.20. The summed E-state index contributed by atoms with van der Waals surface area (Å²) in [6.45, 7) is 6.35. The molecule has 1 aromatic carbocycles. The van der Waals surface area contributed by atoms with Crippen molar-refractivity contribution in [2.24, 2.45) is 0 Å². The molecule has 3 rings (SSSR count). The molecule has 1 aliphatic heterocycles. The van der Waals surface area contributed by atoms with Crippen LogP contribution < -0.4 is 19.5 Å². The molecule has 1 aromatic heterocycles. The fraction of sp³-hybridized carbons (Fsp3) is 0.571. The zero-order valence-corrected chi connectivity index (χ0v) is 18.3. The van der Waals surface area contributed by atoms with Crippen molar-refractivity contribution in [3.05, 3.63) is 29.6 Å². The minimum Gasteiger partial charge on any atom is -0.493 e. The van der Waals surface area contributed by atoms with Gasteiger partial charge in [0.2, 0.25) is 5.75 Å². The van der Waals surface area contributed by atoms with Gasteiger partial charge in [0.05, 0.1) is 33.6 Å². The summed E-state index contributed by atoms with van der Waals surface area (Å²) in [5, 5.41) is 11.1. The second-order valence-electron chi connectivity index (χ2n) is 7.74. The molecule has 164 valence electrons. The van der Waals surface area contributed by atoms with Gasteiger partial charge in [-0.15, -0.1) is 5.10 Å². The molecule has 9 nitrogen and oxygen atoms in total. The highest BCUT2D eigenvalue weighted by atomic mass is 16.5. The first kappa shape index (κ1) is 21.9. The average molecular weight is 418 g/mol.